The van der Waals surface area contributed by atoms with E-state index in [0.717, 1.165) is 49.0 Å². The first-order valence-electron chi connectivity index (χ1n) is 18.6. The molecule has 2 aromatic rings. The maximum absolute atomic E-state index is 13.8. The van der Waals surface area contributed by atoms with E-state index >= 15 is 0 Å². The van der Waals surface area contributed by atoms with Crippen LogP contribution >= 0.6 is 0 Å². The molecule has 0 radical (unpaired) electrons. The van der Waals surface area contributed by atoms with Crippen molar-refractivity contribution in [2.45, 2.75) is 96.8 Å². The van der Waals surface area contributed by atoms with Gasteiger partial charge in [-0.15, -0.1) is 0 Å². The number of ether oxygens (including phenoxy) is 2. The molecule has 3 aliphatic heterocycles. The van der Waals surface area contributed by atoms with Crippen LogP contribution in [0.3, 0.4) is 0 Å². The minimum atomic E-state index is -1.02. The normalized spacial score (nSPS) is 20.8. The number of piperazine rings is 1. The van der Waals surface area contributed by atoms with E-state index in [1.165, 1.54) is 5.56 Å². The number of rotatable bonds is 12. The van der Waals surface area contributed by atoms with Gasteiger partial charge in [0.1, 0.15) is 12.2 Å². The third-order valence-corrected chi connectivity index (χ3v) is 10.0. The van der Waals surface area contributed by atoms with Crippen LogP contribution in [-0.4, -0.2) is 100 Å². The Balaban J connectivity index is 1.13. The number of urea groups is 1. The van der Waals surface area contributed by atoms with Crippen molar-refractivity contribution in [2.24, 2.45) is 11.8 Å². The Morgan fingerprint density at radius 2 is 1.41 bits per heavy atom. The van der Waals surface area contributed by atoms with Crippen molar-refractivity contribution in [3.63, 3.8) is 0 Å². The first-order valence-corrected chi connectivity index (χ1v) is 18.6. The number of unbranched alkanes of at least 4 members (excludes halogenated alkanes) is 2. The number of carbonyl (C=O) groups excluding carboxylic acids is 5. The topological polar surface area (TPSA) is 117 Å². The summed E-state index contributed by atoms with van der Waals surface area (Å²) in [7, 11) is 0. The summed E-state index contributed by atoms with van der Waals surface area (Å²) in [6, 6.07) is 18.1. The quantitative estimate of drug-likeness (QED) is 0.150. The third kappa shape index (κ3) is 10.6. The number of carbonyl (C=O) groups is 5. The van der Waals surface area contributed by atoms with Crippen LogP contribution in [0.4, 0.5) is 9.59 Å². The van der Waals surface area contributed by atoms with Crippen LogP contribution in [0.1, 0.15) is 83.3 Å². The molecule has 3 aliphatic rings. The van der Waals surface area contributed by atoms with Gasteiger partial charge >= 0.3 is 18.1 Å². The molecule has 11 heteroatoms. The number of amides is 5. The Morgan fingerprint density at radius 1 is 0.765 bits per heavy atom. The molecule has 0 saturated carbocycles. The molecule has 0 bridgehead atoms. The fraction of sp³-hybridized carbons (Fsp3) is 0.575. The van der Waals surface area contributed by atoms with Crippen molar-refractivity contribution >= 4 is 29.9 Å². The van der Waals surface area contributed by atoms with Gasteiger partial charge in [0.15, 0.2) is 6.04 Å². The summed E-state index contributed by atoms with van der Waals surface area (Å²) in [5.74, 6) is -1.43. The van der Waals surface area contributed by atoms with Crippen molar-refractivity contribution < 1.29 is 33.4 Å². The van der Waals surface area contributed by atoms with Crippen LogP contribution in [0, 0.1) is 11.8 Å². The number of imide groups is 1. The monoisotopic (exact) mass is 702 g/mol. The molecule has 0 spiro atoms. The number of benzene rings is 2. The number of likely N-dealkylation sites (tertiary alicyclic amines) is 2. The highest BCUT2D eigenvalue weighted by atomic mass is 16.6. The molecule has 276 valence electrons. The first kappa shape index (κ1) is 37.8. The average molecular weight is 703 g/mol. The number of hydrogen-bond acceptors (Lipinski definition) is 7. The molecule has 2 aromatic carbocycles. The van der Waals surface area contributed by atoms with Gasteiger partial charge in [0, 0.05) is 45.7 Å². The van der Waals surface area contributed by atoms with Crippen molar-refractivity contribution in [3.05, 3.63) is 71.8 Å². The maximum Gasteiger partial charge on any atom is 0.410 e. The van der Waals surface area contributed by atoms with E-state index in [9.17, 15) is 24.0 Å². The second kappa shape index (κ2) is 17.7. The van der Waals surface area contributed by atoms with Crippen LogP contribution < -0.4 is 0 Å². The number of hydrogen-bond donors (Lipinski definition) is 0. The second-order valence-corrected chi connectivity index (χ2v) is 15.1. The first-order chi connectivity index (χ1) is 24.5. The minimum Gasteiger partial charge on any atom is -0.459 e. The Bertz CT molecular complexity index is 1490. The van der Waals surface area contributed by atoms with E-state index in [1.54, 1.807) is 14.7 Å². The van der Waals surface area contributed by atoms with Gasteiger partial charge in [-0.3, -0.25) is 9.59 Å². The van der Waals surface area contributed by atoms with Gasteiger partial charge in [-0.25, -0.2) is 19.3 Å². The van der Waals surface area contributed by atoms with Crippen LogP contribution in [-0.2, 0) is 36.9 Å². The number of nitrogens with zero attached hydrogens (tertiary/aromatic N) is 4. The molecule has 5 rings (SSSR count). The average Bonchev–Trinajstić information content (AvgIpc) is 3.13. The Labute approximate surface area is 302 Å². The summed E-state index contributed by atoms with van der Waals surface area (Å²) < 4.78 is 11.2. The zero-order valence-electron chi connectivity index (χ0n) is 30.5. The van der Waals surface area contributed by atoms with E-state index < -0.39 is 29.6 Å². The number of piperidine rings is 1. The number of aryl methyl sites for hydroxylation is 1. The highest BCUT2D eigenvalue weighted by molar-refractivity contribution is 6.07. The summed E-state index contributed by atoms with van der Waals surface area (Å²) in [5, 5.41) is 0. The zero-order chi connectivity index (χ0) is 36.4. The van der Waals surface area contributed by atoms with Gasteiger partial charge in [-0.1, -0.05) is 67.1 Å². The molecule has 3 fully saturated rings. The fourth-order valence-electron chi connectivity index (χ4n) is 7.22. The highest BCUT2D eigenvalue weighted by Gasteiger charge is 2.56. The lowest BCUT2D eigenvalue weighted by Gasteiger charge is -2.47. The van der Waals surface area contributed by atoms with E-state index in [0.29, 0.717) is 58.5 Å². The molecule has 51 heavy (non-hydrogen) atoms. The SMILES string of the molecule is CC(C)(C)OC(=O)N1CCCC(CC[C@H]2C(=O)N(C(=O)N3CCN(C(=O)CCCCCc4ccccc4)CC3)C2C(=O)OCc2ccccc2)C1. The van der Waals surface area contributed by atoms with Gasteiger partial charge in [0.05, 0.1) is 5.92 Å². The molecular formula is C40H54N4O7. The van der Waals surface area contributed by atoms with Gasteiger partial charge in [0.2, 0.25) is 11.8 Å². The summed E-state index contributed by atoms with van der Waals surface area (Å²) >= 11 is 0. The summed E-state index contributed by atoms with van der Waals surface area (Å²) in [5.41, 5.74) is 1.53. The molecule has 0 aromatic heterocycles. The van der Waals surface area contributed by atoms with Crippen molar-refractivity contribution in [1.82, 2.24) is 19.6 Å². The number of β-lactam (4-membered cyclic amide) rings is 1. The fourth-order valence-corrected chi connectivity index (χ4v) is 7.22. The standard InChI is InChI=1S/C40H54N4O7/c1-40(2,3)51-39(49)43-23-13-19-31(28-43)21-22-33-35(37(47)50-29-32-17-10-5-11-18-32)44(36(33)46)38(48)42-26-24-41(25-27-42)34(45)20-12-6-9-16-30-14-7-4-8-15-30/h4-5,7-8,10-11,14-15,17-18,31,33,35H,6,9,12-13,16,19-29H2,1-3H3/t31?,33-,35?/m1/s1. The smallest absolute Gasteiger partial charge is 0.410 e. The van der Waals surface area contributed by atoms with Crippen LogP contribution in [0.25, 0.3) is 0 Å². The Morgan fingerprint density at radius 3 is 2.08 bits per heavy atom. The molecule has 2 unspecified atom stereocenters. The second-order valence-electron chi connectivity index (χ2n) is 15.1. The van der Waals surface area contributed by atoms with Gasteiger partial charge in [0.25, 0.3) is 0 Å². The molecule has 0 aliphatic carbocycles. The van der Waals surface area contributed by atoms with Gasteiger partial charge in [-0.2, -0.15) is 0 Å². The van der Waals surface area contributed by atoms with Gasteiger partial charge in [-0.05, 0) is 82.8 Å². The van der Waals surface area contributed by atoms with Crippen molar-refractivity contribution in [3.8, 4) is 0 Å². The molecular weight excluding hydrogens is 648 g/mol. The molecule has 11 nitrogen and oxygen atoms in total. The van der Waals surface area contributed by atoms with E-state index in [-0.39, 0.29) is 30.4 Å². The van der Waals surface area contributed by atoms with Crippen LogP contribution in [0.2, 0.25) is 0 Å². The lowest BCUT2D eigenvalue weighted by Crippen LogP contribution is -2.69. The molecule has 3 heterocycles. The summed E-state index contributed by atoms with van der Waals surface area (Å²) in [4.78, 5) is 72.7. The molecule has 5 amide bonds. The largest absolute Gasteiger partial charge is 0.459 e. The summed E-state index contributed by atoms with van der Waals surface area (Å²) in [6.45, 7) is 8.08. The zero-order valence-corrected chi connectivity index (χ0v) is 30.5. The minimum absolute atomic E-state index is 0.0413. The van der Waals surface area contributed by atoms with E-state index in [4.69, 9.17) is 9.47 Å². The maximum atomic E-state index is 13.8. The highest BCUT2D eigenvalue weighted by Crippen LogP contribution is 2.36. The van der Waals surface area contributed by atoms with E-state index in [2.05, 4.69) is 12.1 Å². The third-order valence-electron chi connectivity index (χ3n) is 10.0. The van der Waals surface area contributed by atoms with E-state index in [1.807, 2.05) is 69.3 Å². The Kier molecular flexibility index (Phi) is 13.1. The Hall–Kier alpha value is -4.41. The lowest BCUT2D eigenvalue weighted by molar-refractivity contribution is -0.171. The lowest BCUT2D eigenvalue weighted by atomic mass is 9.80. The van der Waals surface area contributed by atoms with Crippen molar-refractivity contribution in [1.29, 1.82) is 0 Å². The number of esters is 1. The predicted molar refractivity (Wildman–Crippen MR) is 192 cm³/mol. The predicted octanol–water partition coefficient (Wildman–Crippen LogP) is 6.05. The van der Waals surface area contributed by atoms with Crippen LogP contribution in [0.15, 0.2) is 60.7 Å². The van der Waals surface area contributed by atoms with Crippen molar-refractivity contribution in [2.75, 3.05) is 39.3 Å². The van der Waals surface area contributed by atoms with Crippen LogP contribution in [0.5, 0.6) is 0 Å². The molecule has 3 saturated heterocycles. The summed E-state index contributed by atoms with van der Waals surface area (Å²) in [6.07, 6.45) is 6.74. The molecule has 0 N–H and O–H groups in total. The molecule has 3 atom stereocenters. The van der Waals surface area contributed by atoms with Gasteiger partial charge < -0.3 is 24.2 Å².